The van der Waals surface area contributed by atoms with Crippen molar-refractivity contribution < 1.29 is 66.5 Å². The van der Waals surface area contributed by atoms with Crippen molar-refractivity contribution in [3.63, 3.8) is 0 Å². The number of nitriles is 1. The lowest BCUT2D eigenvalue weighted by molar-refractivity contribution is -0.496. The first kappa shape index (κ1) is 22.1. The molecule has 0 aliphatic carbocycles. The molecule has 0 aromatic carbocycles. The summed E-state index contributed by atoms with van der Waals surface area (Å²) >= 11 is 0. The number of halogens is 13. The predicted octanol–water partition coefficient (Wildman–Crippen LogP) is 4.63. The number of alkyl halides is 11. The van der Waals surface area contributed by atoms with Gasteiger partial charge in [0.25, 0.3) is 5.83 Å². The van der Waals surface area contributed by atoms with E-state index in [0.717, 1.165) is 0 Å². The summed E-state index contributed by atoms with van der Waals surface area (Å²) in [5, 5.41) is 7.57. The molecule has 0 aromatic heterocycles. The minimum Gasteiger partial charge on any atom is -0.397 e. The van der Waals surface area contributed by atoms with Gasteiger partial charge in [-0.05, 0) is 0 Å². The smallest absolute Gasteiger partial charge is 0.397 e. The predicted molar refractivity (Wildman–Crippen MR) is 42.9 cm³/mol. The van der Waals surface area contributed by atoms with Gasteiger partial charge in [-0.25, -0.2) is 4.74 Å². The second-order valence-electron chi connectivity index (χ2n) is 3.53. The Bertz CT molecular complexity index is 543. The van der Waals surface area contributed by atoms with Crippen molar-refractivity contribution >= 4 is 0 Å². The SMILES string of the molecule is N#CC(F)(F)C(F)(F)OC(F)(F)C(F)(F)OC(F)=C(F)C(F)(F)F. The van der Waals surface area contributed by atoms with Crippen molar-refractivity contribution in [2.45, 2.75) is 30.4 Å². The molecule has 3 nitrogen and oxygen atoms in total. The van der Waals surface area contributed by atoms with Crippen molar-refractivity contribution in [1.29, 1.82) is 5.26 Å². The molecule has 0 saturated heterocycles. The van der Waals surface area contributed by atoms with Crippen molar-refractivity contribution in [1.82, 2.24) is 0 Å². The Hall–Kier alpha value is -1.92. The van der Waals surface area contributed by atoms with Gasteiger partial charge in [-0.1, -0.05) is 0 Å². The Morgan fingerprint density at radius 2 is 1.12 bits per heavy atom. The highest BCUT2D eigenvalue weighted by atomic mass is 19.4. The van der Waals surface area contributed by atoms with Crippen LogP contribution >= 0.6 is 0 Å². The van der Waals surface area contributed by atoms with Gasteiger partial charge in [0, 0.05) is 0 Å². The molecule has 0 N–H and O–H groups in total. The molecule has 16 heteroatoms. The van der Waals surface area contributed by atoms with Crippen LogP contribution in [-0.4, -0.2) is 30.4 Å². The van der Waals surface area contributed by atoms with Crippen LogP contribution in [0.4, 0.5) is 57.1 Å². The molecule has 0 aliphatic heterocycles. The lowest BCUT2D eigenvalue weighted by Crippen LogP contribution is -2.53. The summed E-state index contributed by atoms with van der Waals surface area (Å²) < 4.78 is 163. The first-order valence-corrected chi connectivity index (χ1v) is 4.75. The molecular weight excluding hydrogens is 389 g/mol. The summed E-state index contributed by atoms with van der Waals surface area (Å²) in [7, 11) is 0. The van der Waals surface area contributed by atoms with Gasteiger partial charge < -0.3 is 4.74 Å². The maximum absolute atomic E-state index is 12.7. The molecule has 0 bridgehead atoms. The molecule has 0 aromatic rings. The second kappa shape index (κ2) is 6.18. The Balaban J connectivity index is 5.60. The highest BCUT2D eigenvalue weighted by molar-refractivity contribution is 5.01. The third-order valence-electron chi connectivity index (χ3n) is 1.74. The van der Waals surface area contributed by atoms with Crippen LogP contribution in [0.1, 0.15) is 0 Å². The molecule has 0 saturated carbocycles. The van der Waals surface area contributed by atoms with Crippen LogP contribution in [0, 0.1) is 11.3 Å². The van der Waals surface area contributed by atoms with Gasteiger partial charge in [-0.2, -0.15) is 62.3 Å². The average molecular weight is 389 g/mol. The van der Waals surface area contributed by atoms with Crippen LogP contribution in [0.3, 0.4) is 0 Å². The van der Waals surface area contributed by atoms with Crippen molar-refractivity contribution in [3.8, 4) is 6.07 Å². The zero-order chi connectivity index (χ0) is 19.8. The number of rotatable bonds is 6. The van der Waals surface area contributed by atoms with Gasteiger partial charge in [0.15, 0.2) is 0 Å². The standard InChI is InChI=1S/C8F13NO2/c9-2(5(13,14)15)3(10)23-7(18,19)8(20,21)24-6(16,17)4(11,12)1-22. The highest BCUT2D eigenvalue weighted by Crippen LogP contribution is 2.46. The summed E-state index contributed by atoms with van der Waals surface area (Å²) in [6.07, 6.45) is -26.7. The Morgan fingerprint density at radius 1 is 0.708 bits per heavy atom. The van der Waals surface area contributed by atoms with E-state index in [-0.39, 0.29) is 0 Å². The van der Waals surface area contributed by atoms with E-state index < -0.39 is 48.3 Å². The van der Waals surface area contributed by atoms with E-state index in [1.807, 2.05) is 4.74 Å². The number of nitrogens with zero attached hydrogens (tertiary/aromatic N) is 1. The van der Waals surface area contributed by atoms with Gasteiger partial charge in [0.05, 0.1) is 0 Å². The molecule has 140 valence electrons. The topological polar surface area (TPSA) is 42.2 Å². The maximum Gasteiger partial charge on any atom is 0.495 e. The number of hydrogen-bond donors (Lipinski definition) is 0. The number of hydrogen-bond acceptors (Lipinski definition) is 3. The fourth-order valence-electron chi connectivity index (χ4n) is 0.678. The van der Waals surface area contributed by atoms with Crippen LogP contribution in [-0.2, 0) is 9.47 Å². The first-order chi connectivity index (χ1) is 10.3. The molecule has 0 atom stereocenters. The molecule has 0 unspecified atom stereocenters. The van der Waals surface area contributed by atoms with E-state index in [1.165, 1.54) is 0 Å². The van der Waals surface area contributed by atoms with E-state index >= 15 is 0 Å². The monoisotopic (exact) mass is 389 g/mol. The summed E-state index contributed by atoms with van der Waals surface area (Å²) in [6.45, 7) is 0. The van der Waals surface area contributed by atoms with Crippen LogP contribution < -0.4 is 0 Å². The van der Waals surface area contributed by atoms with Crippen molar-refractivity contribution in [2.75, 3.05) is 0 Å². The zero-order valence-corrected chi connectivity index (χ0v) is 10.2. The zero-order valence-electron chi connectivity index (χ0n) is 10.2. The number of allylic oxidation sites excluding steroid dienone is 1. The van der Waals surface area contributed by atoms with Gasteiger partial charge in [0.2, 0.25) is 0 Å². The van der Waals surface area contributed by atoms with Gasteiger partial charge in [0.1, 0.15) is 6.07 Å². The van der Waals surface area contributed by atoms with Crippen LogP contribution in [0.25, 0.3) is 0 Å². The molecule has 0 aliphatic rings. The van der Waals surface area contributed by atoms with Gasteiger partial charge >= 0.3 is 36.4 Å². The third-order valence-corrected chi connectivity index (χ3v) is 1.74. The Labute approximate surface area is 121 Å². The third kappa shape index (κ3) is 4.55. The quantitative estimate of drug-likeness (QED) is 0.492. The van der Waals surface area contributed by atoms with Crippen LogP contribution in [0.15, 0.2) is 11.8 Å². The van der Waals surface area contributed by atoms with Gasteiger partial charge in [-0.15, -0.1) is 0 Å². The van der Waals surface area contributed by atoms with Gasteiger partial charge in [-0.3, -0.25) is 0 Å². The Morgan fingerprint density at radius 3 is 1.46 bits per heavy atom. The lowest BCUT2D eigenvalue weighted by atomic mass is 10.3. The molecule has 0 rings (SSSR count). The second-order valence-corrected chi connectivity index (χ2v) is 3.53. The molecule has 0 heterocycles. The first-order valence-electron chi connectivity index (χ1n) is 4.75. The van der Waals surface area contributed by atoms with E-state index in [9.17, 15) is 57.1 Å². The normalized spacial score (nSPS) is 15.7. The molecule has 0 radical (unpaired) electrons. The van der Waals surface area contributed by atoms with E-state index in [1.54, 1.807) is 4.74 Å². The molecule has 0 spiro atoms. The largest absolute Gasteiger partial charge is 0.495 e. The fraction of sp³-hybridized carbons (Fsp3) is 0.625. The Kier molecular flexibility index (Phi) is 5.69. The van der Waals surface area contributed by atoms with E-state index in [4.69, 9.17) is 5.26 Å². The number of ether oxygens (including phenoxy) is 2. The van der Waals surface area contributed by atoms with Crippen molar-refractivity contribution in [2.24, 2.45) is 0 Å². The minimum absolute atomic E-state index is 0.585. The fourth-order valence-corrected chi connectivity index (χ4v) is 0.678. The van der Waals surface area contributed by atoms with E-state index in [0.29, 0.717) is 0 Å². The van der Waals surface area contributed by atoms with Crippen molar-refractivity contribution in [3.05, 3.63) is 11.8 Å². The summed E-state index contributed by atoms with van der Waals surface area (Å²) in [5.74, 6) is -10.2. The summed E-state index contributed by atoms with van der Waals surface area (Å²) in [4.78, 5) is 0. The summed E-state index contributed by atoms with van der Waals surface area (Å²) in [5.41, 5.74) is 0. The molecule has 0 fully saturated rings. The molecule has 0 amide bonds. The highest BCUT2D eigenvalue weighted by Gasteiger charge is 2.72. The minimum atomic E-state index is -6.92. The van der Waals surface area contributed by atoms with E-state index in [2.05, 4.69) is 0 Å². The van der Waals surface area contributed by atoms with Crippen LogP contribution in [0.5, 0.6) is 0 Å². The van der Waals surface area contributed by atoms with Crippen LogP contribution in [0.2, 0.25) is 0 Å². The lowest BCUT2D eigenvalue weighted by Gasteiger charge is -2.29. The molecular formula is C8F13NO2. The molecule has 24 heavy (non-hydrogen) atoms. The maximum atomic E-state index is 12.7. The summed E-state index contributed by atoms with van der Waals surface area (Å²) in [6, 6.07) is -4.61. The average Bonchev–Trinajstić information content (AvgIpc) is 2.34.